The molecule has 2 N–H and O–H groups in total. The molecule has 0 radical (unpaired) electrons. The third-order valence-corrected chi connectivity index (χ3v) is 3.17. The second-order valence-corrected chi connectivity index (χ2v) is 4.64. The van der Waals surface area contributed by atoms with Gasteiger partial charge in [0.05, 0.1) is 16.8 Å². The second-order valence-electron chi connectivity index (χ2n) is 3.79. The van der Waals surface area contributed by atoms with E-state index >= 15 is 0 Å². The van der Waals surface area contributed by atoms with Crippen molar-refractivity contribution in [1.82, 2.24) is 9.38 Å². The lowest BCUT2D eigenvalue weighted by Crippen LogP contribution is -2.05. The molecule has 5 heteroatoms. The monoisotopic (exact) mass is 283 g/mol. The van der Waals surface area contributed by atoms with Gasteiger partial charge < -0.3 is 10.5 Å². The topological polar surface area (TPSA) is 52.5 Å². The number of methoxy groups -OCH3 is 1. The minimum Gasteiger partial charge on any atom is -0.384 e. The summed E-state index contributed by atoms with van der Waals surface area (Å²) in [7, 11) is 1.68. The number of imidazole rings is 1. The van der Waals surface area contributed by atoms with Gasteiger partial charge in [-0.05, 0) is 28.1 Å². The summed E-state index contributed by atoms with van der Waals surface area (Å²) in [5.74, 6) is 0.873. The molecule has 1 unspecified atom stereocenters. The van der Waals surface area contributed by atoms with Crippen LogP contribution in [0.15, 0.2) is 22.8 Å². The summed E-state index contributed by atoms with van der Waals surface area (Å²) >= 11 is 3.46. The van der Waals surface area contributed by atoms with Gasteiger partial charge in [-0.15, -0.1) is 0 Å². The molecule has 0 amide bonds. The Morgan fingerprint density at radius 2 is 2.38 bits per heavy atom. The van der Waals surface area contributed by atoms with Crippen molar-refractivity contribution < 1.29 is 4.74 Å². The van der Waals surface area contributed by atoms with Crippen LogP contribution in [0.5, 0.6) is 0 Å². The van der Waals surface area contributed by atoms with Crippen molar-refractivity contribution in [3.63, 3.8) is 0 Å². The molecule has 2 aromatic rings. The van der Waals surface area contributed by atoms with Gasteiger partial charge in [0.15, 0.2) is 5.65 Å². The quantitative estimate of drug-likeness (QED) is 0.941. The number of fused-ring (bicyclic) bond motifs is 1. The Hall–Kier alpha value is -1.07. The van der Waals surface area contributed by atoms with Crippen molar-refractivity contribution in [2.75, 3.05) is 19.5 Å². The third-order valence-electron chi connectivity index (χ3n) is 2.55. The molecule has 2 heterocycles. The molecule has 0 aliphatic carbocycles. The molecule has 0 aliphatic rings. The number of pyridine rings is 1. The Morgan fingerprint density at radius 3 is 3.00 bits per heavy atom. The van der Waals surface area contributed by atoms with E-state index in [9.17, 15) is 0 Å². The summed E-state index contributed by atoms with van der Waals surface area (Å²) in [5.41, 5.74) is 7.79. The van der Waals surface area contributed by atoms with Gasteiger partial charge in [0.2, 0.25) is 0 Å². The Morgan fingerprint density at radius 1 is 1.62 bits per heavy atom. The van der Waals surface area contributed by atoms with Gasteiger partial charge in [-0.2, -0.15) is 0 Å². The lowest BCUT2D eigenvalue weighted by molar-refractivity contribution is 0.183. The molecule has 0 spiro atoms. The van der Waals surface area contributed by atoms with E-state index in [1.54, 1.807) is 7.11 Å². The van der Waals surface area contributed by atoms with E-state index < -0.39 is 0 Å². The molecule has 2 rings (SSSR count). The molecule has 16 heavy (non-hydrogen) atoms. The number of rotatable bonds is 3. The van der Waals surface area contributed by atoms with E-state index in [1.165, 1.54) is 0 Å². The van der Waals surface area contributed by atoms with Gasteiger partial charge in [-0.1, -0.05) is 6.92 Å². The molecule has 0 aromatic carbocycles. The fraction of sp³-hybridized carbons (Fsp3) is 0.364. The van der Waals surface area contributed by atoms with E-state index in [-0.39, 0.29) is 5.92 Å². The molecule has 86 valence electrons. The normalized spacial score (nSPS) is 13.2. The van der Waals surface area contributed by atoms with Crippen LogP contribution in [0.25, 0.3) is 5.65 Å². The van der Waals surface area contributed by atoms with E-state index in [0.29, 0.717) is 12.4 Å². The highest BCUT2D eigenvalue weighted by Gasteiger charge is 2.16. The molecule has 4 nitrogen and oxygen atoms in total. The van der Waals surface area contributed by atoms with Gasteiger partial charge in [0, 0.05) is 19.2 Å². The molecule has 1 atom stereocenters. The number of hydrogen-bond donors (Lipinski definition) is 1. The zero-order valence-corrected chi connectivity index (χ0v) is 10.9. The number of nitrogens with two attached hydrogens (primary N) is 1. The molecule has 2 aromatic heterocycles. The van der Waals surface area contributed by atoms with Crippen LogP contribution < -0.4 is 5.73 Å². The minimum atomic E-state index is 0.191. The number of anilines is 1. The summed E-state index contributed by atoms with van der Waals surface area (Å²) in [5, 5.41) is 0. The standard InChI is InChI=1S/C11H14BrN3O/c1-7(6-16-2)9-10(13)15-5-3-4-8(12)11(15)14-9/h3-5,7H,6,13H2,1-2H3. The predicted octanol–water partition coefficient (Wildman–Crippen LogP) is 2.43. The molecular formula is C11H14BrN3O. The highest BCUT2D eigenvalue weighted by atomic mass is 79.9. The molecule has 0 saturated carbocycles. The third kappa shape index (κ3) is 1.81. The maximum absolute atomic E-state index is 6.06. The molecule has 0 saturated heterocycles. The number of halogens is 1. The van der Waals surface area contributed by atoms with Crippen LogP contribution in [0.2, 0.25) is 0 Å². The summed E-state index contributed by atoms with van der Waals surface area (Å²) in [6.45, 7) is 2.67. The first-order valence-corrected chi connectivity index (χ1v) is 5.85. The maximum Gasteiger partial charge on any atom is 0.153 e. The second kappa shape index (κ2) is 4.43. The zero-order chi connectivity index (χ0) is 11.7. The van der Waals surface area contributed by atoms with Crippen LogP contribution in [0.1, 0.15) is 18.5 Å². The largest absolute Gasteiger partial charge is 0.384 e. The molecular weight excluding hydrogens is 270 g/mol. The van der Waals surface area contributed by atoms with Crippen LogP contribution in [0.4, 0.5) is 5.82 Å². The average molecular weight is 284 g/mol. The number of hydrogen-bond acceptors (Lipinski definition) is 3. The van der Waals surface area contributed by atoms with Crippen LogP contribution in [-0.2, 0) is 4.74 Å². The van der Waals surface area contributed by atoms with Gasteiger partial charge in [0.25, 0.3) is 0 Å². The molecule has 0 bridgehead atoms. The summed E-state index contributed by atoms with van der Waals surface area (Å²) in [6.07, 6.45) is 1.91. The van der Waals surface area contributed by atoms with E-state index in [0.717, 1.165) is 15.8 Å². The predicted molar refractivity (Wildman–Crippen MR) is 67.6 cm³/mol. The lowest BCUT2D eigenvalue weighted by Gasteiger charge is -2.07. The summed E-state index contributed by atoms with van der Waals surface area (Å²) in [4.78, 5) is 4.54. The van der Waals surface area contributed by atoms with Crippen molar-refractivity contribution in [2.24, 2.45) is 0 Å². The van der Waals surface area contributed by atoms with E-state index in [4.69, 9.17) is 10.5 Å². The minimum absolute atomic E-state index is 0.191. The van der Waals surface area contributed by atoms with Crippen molar-refractivity contribution >= 4 is 27.4 Å². The van der Waals surface area contributed by atoms with Crippen LogP contribution >= 0.6 is 15.9 Å². The van der Waals surface area contributed by atoms with Gasteiger partial charge in [-0.25, -0.2) is 4.98 Å². The summed E-state index contributed by atoms with van der Waals surface area (Å²) < 4.78 is 7.95. The first-order valence-electron chi connectivity index (χ1n) is 5.06. The molecule has 0 fully saturated rings. The Labute approximate surface area is 103 Å². The highest BCUT2D eigenvalue weighted by molar-refractivity contribution is 9.10. The number of nitrogen functional groups attached to an aromatic ring is 1. The number of aromatic nitrogens is 2. The van der Waals surface area contributed by atoms with Gasteiger partial charge in [0.1, 0.15) is 5.82 Å². The SMILES string of the molecule is COCC(C)c1nc2c(Br)cccn2c1N. The van der Waals surface area contributed by atoms with Crippen molar-refractivity contribution in [3.05, 3.63) is 28.5 Å². The van der Waals surface area contributed by atoms with Crippen LogP contribution in [0.3, 0.4) is 0 Å². The smallest absolute Gasteiger partial charge is 0.153 e. The Bertz CT molecular complexity index is 509. The van der Waals surface area contributed by atoms with Crippen LogP contribution in [-0.4, -0.2) is 23.1 Å². The Kier molecular flexibility index (Phi) is 3.16. The van der Waals surface area contributed by atoms with E-state index in [2.05, 4.69) is 27.8 Å². The number of nitrogens with zero attached hydrogens (tertiary/aromatic N) is 2. The van der Waals surface area contributed by atoms with E-state index in [1.807, 2.05) is 22.7 Å². The Balaban J connectivity index is 2.55. The van der Waals surface area contributed by atoms with Crippen molar-refractivity contribution in [3.8, 4) is 0 Å². The number of ether oxygens (including phenoxy) is 1. The molecule has 0 aliphatic heterocycles. The highest BCUT2D eigenvalue weighted by Crippen LogP contribution is 2.26. The average Bonchev–Trinajstić information content (AvgIpc) is 2.59. The van der Waals surface area contributed by atoms with Gasteiger partial charge in [-0.3, -0.25) is 4.40 Å². The first kappa shape index (κ1) is 11.4. The van der Waals surface area contributed by atoms with Crippen molar-refractivity contribution in [2.45, 2.75) is 12.8 Å². The van der Waals surface area contributed by atoms with Crippen LogP contribution in [0, 0.1) is 0 Å². The summed E-state index contributed by atoms with van der Waals surface area (Å²) in [6, 6.07) is 3.88. The first-order chi connectivity index (χ1) is 7.65. The van der Waals surface area contributed by atoms with Crippen molar-refractivity contribution in [1.29, 1.82) is 0 Å². The fourth-order valence-electron chi connectivity index (χ4n) is 1.76. The fourth-order valence-corrected chi connectivity index (χ4v) is 2.19. The zero-order valence-electron chi connectivity index (χ0n) is 9.27. The lowest BCUT2D eigenvalue weighted by atomic mass is 10.1. The maximum atomic E-state index is 6.06. The van der Waals surface area contributed by atoms with Gasteiger partial charge >= 0.3 is 0 Å².